The Morgan fingerprint density at radius 2 is 1.73 bits per heavy atom. The molecule has 0 radical (unpaired) electrons. The number of unbranched alkanes of at least 4 members (excludes halogenated alkanes) is 1. The van der Waals surface area contributed by atoms with Gasteiger partial charge in [-0.1, -0.05) is 56.7 Å². The van der Waals surface area contributed by atoms with Gasteiger partial charge >= 0.3 is 11.9 Å². The Morgan fingerprint density at radius 1 is 1.02 bits per heavy atom. The van der Waals surface area contributed by atoms with Gasteiger partial charge in [0.1, 0.15) is 12.4 Å². The van der Waals surface area contributed by atoms with Crippen molar-refractivity contribution in [2.45, 2.75) is 46.5 Å². The van der Waals surface area contributed by atoms with E-state index in [-0.39, 0.29) is 23.8 Å². The predicted molar refractivity (Wildman–Crippen MR) is 156 cm³/mol. The van der Waals surface area contributed by atoms with Crippen molar-refractivity contribution < 1.29 is 24.6 Å². The van der Waals surface area contributed by atoms with E-state index in [9.17, 15) is 24.6 Å². The highest BCUT2D eigenvalue weighted by atomic mass is 16.4. The maximum absolute atomic E-state index is 12.5. The first-order valence-electron chi connectivity index (χ1n) is 13.7. The Morgan fingerprint density at radius 3 is 2.44 bits per heavy atom. The Kier molecular flexibility index (Phi) is 7.70. The number of aryl methyl sites for hydroxylation is 2. The first kappa shape index (κ1) is 27.8. The van der Waals surface area contributed by atoms with Gasteiger partial charge in [0.15, 0.2) is 0 Å². The fraction of sp³-hybridized carbons (Fsp3) is 0.281. The smallest absolute Gasteiger partial charge is 0.336 e. The average molecular weight is 553 g/mol. The number of para-hydroxylation sites is 1. The molecule has 41 heavy (non-hydrogen) atoms. The van der Waals surface area contributed by atoms with Gasteiger partial charge in [0.2, 0.25) is 5.91 Å². The molecule has 0 saturated carbocycles. The van der Waals surface area contributed by atoms with Gasteiger partial charge in [-0.15, -0.1) is 0 Å². The van der Waals surface area contributed by atoms with Gasteiger partial charge in [-0.2, -0.15) is 5.10 Å². The molecule has 0 saturated heterocycles. The van der Waals surface area contributed by atoms with Crippen LogP contribution in [0.4, 0.5) is 0 Å². The quantitative estimate of drug-likeness (QED) is 0.274. The molecule has 2 N–H and O–H groups in total. The van der Waals surface area contributed by atoms with Crippen molar-refractivity contribution in [3.05, 3.63) is 83.2 Å². The minimum absolute atomic E-state index is 0.166. The highest BCUT2D eigenvalue weighted by Crippen LogP contribution is 2.35. The molecule has 0 aliphatic carbocycles. The summed E-state index contributed by atoms with van der Waals surface area (Å²) in [6.45, 7) is 5.52. The van der Waals surface area contributed by atoms with E-state index in [0.29, 0.717) is 11.3 Å². The maximum Gasteiger partial charge on any atom is 0.336 e. The number of hydrazone groups is 1. The van der Waals surface area contributed by atoms with Crippen LogP contribution in [-0.4, -0.2) is 54.9 Å². The molecule has 0 bridgehead atoms. The molecular formula is C32H32N4O5. The van der Waals surface area contributed by atoms with Crippen molar-refractivity contribution in [3.8, 4) is 16.8 Å². The van der Waals surface area contributed by atoms with Crippen LogP contribution in [0.1, 0.15) is 60.4 Å². The molecule has 3 aromatic carbocycles. The van der Waals surface area contributed by atoms with Crippen LogP contribution in [0.25, 0.3) is 27.8 Å². The molecule has 9 heteroatoms. The van der Waals surface area contributed by atoms with Crippen LogP contribution < -0.4 is 0 Å². The Hall–Kier alpha value is -4.79. The lowest BCUT2D eigenvalue weighted by Gasteiger charge is -2.27. The number of amides is 1. The van der Waals surface area contributed by atoms with E-state index in [0.717, 1.165) is 63.5 Å². The van der Waals surface area contributed by atoms with E-state index in [2.05, 4.69) is 16.6 Å². The van der Waals surface area contributed by atoms with Crippen LogP contribution in [0, 0.1) is 12.8 Å². The predicted octanol–water partition coefficient (Wildman–Crippen LogP) is 5.70. The summed E-state index contributed by atoms with van der Waals surface area (Å²) in [7, 11) is 0. The van der Waals surface area contributed by atoms with Crippen molar-refractivity contribution in [3.63, 3.8) is 0 Å². The Balaban J connectivity index is 1.76. The molecule has 4 aromatic rings. The van der Waals surface area contributed by atoms with Crippen LogP contribution in [0.2, 0.25) is 0 Å². The molecule has 2 heterocycles. The third kappa shape index (κ3) is 5.35. The van der Waals surface area contributed by atoms with Crippen LogP contribution >= 0.6 is 0 Å². The number of rotatable bonds is 9. The number of imidazole rings is 1. The summed E-state index contributed by atoms with van der Waals surface area (Å²) < 4.78 is 2.10. The summed E-state index contributed by atoms with van der Waals surface area (Å²) in [4.78, 5) is 41.0. The van der Waals surface area contributed by atoms with Crippen molar-refractivity contribution in [1.82, 2.24) is 14.6 Å². The van der Waals surface area contributed by atoms with Crippen molar-refractivity contribution in [2.24, 2.45) is 11.0 Å². The molecule has 1 aromatic heterocycles. The molecule has 1 aliphatic rings. The van der Waals surface area contributed by atoms with Crippen molar-refractivity contribution in [1.29, 1.82) is 0 Å². The van der Waals surface area contributed by atoms with E-state index in [1.165, 1.54) is 0 Å². The van der Waals surface area contributed by atoms with Gasteiger partial charge in [-0.25, -0.2) is 14.8 Å². The van der Waals surface area contributed by atoms with Gasteiger partial charge < -0.3 is 10.2 Å². The number of nitrogens with zero attached hydrogens (tertiary/aromatic N) is 4. The average Bonchev–Trinajstić information content (AvgIpc) is 3.31. The molecule has 1 amide bonds. The largest absolute Gasteiger partial charge is 0.480 e. The van der Waals surface area contributed by atoms with Crippen molar-refractivity contribution in [2.75, 3.05) is 6.54 Å². The zero-order chi connectivity index (χ0) is 29.3. The summed E-state index contributed by atoms with van der Waals surface area (Å²) in [5, 5.41) is 24.7. The normalized spacial score (nSPS) is 15.3. The van der Waals surface area contributed by atoms with Gasteiger partial charge in [0.25, 0.3) is 0 Å². The third-order valence-corrected chi connectivity index (χ3v) is 7.41. The lowest BCUT2D eigenvalue weighted by Crippen LogP contribution is -2.39. The zero-order valence-electron chi connectivity index (χ0n) is 23.3. The summed E-state index contributed by atoms with van der Waals surface area (Å²) in [6, 6.07) is 18.7. The summed E-state index contributed by atoms with van der Waals surface area (Å²) in [5.41, 5.74) is 6.42. The van der Waals surface area contributed by atoms with E-state index < -0.39 is 18.5 Å². The minimum atomic E-state index is -1.13. The number of carboxylic acid groups (broad SMARTS) is 2. The number of benzene rings is 3. The van der Waals surface area contributed by atoms with E-state index in [1.807, 2.05) is 62.4 Å². The van der Waals surface area contributed by atoms with Gasteiger partial charge in [0.05, 0.1) is 28.0 Å². The van der Waals surface area contributed by atoms with E-state index >= 15 is 0 Å². The lowest BCUT2D eigenvalue weighted by atomic mass is 9.92. The van der Waals surface area contributed by atoms with E-state index in [1.54, 1.807) is 12.1 Å². The second-order valence-corrected chi connectivity index (χ2v) is 10.4. The molecule has 5 rings (SSSR count). The van der Waals surface area contributed by atoms with Gasteiger partial charge in [-0.3, -0.25) is 14.2 Å². The maximum atomic E-state index is 12.5. The van der Waals surface area contributed by atoms with Gasteiger partial charge in [-0.05, 0) is 48.7 Å². The first-order valence-corrected chi connectivity index (χ1v) is 13.7. The summed E-state index contributed by atoms with van der Waals surface area (Å²) in [5.74, 6) is -1.78. The minimum Gasteiger partial charge on any atom is -0.480 e. The molecule has 9 nitrogen and oxygen atoms in total. The van der Waals surface area contributed by atoms with Crippen molar-refractivity contribution >= 4 is 34.6 Å². The monoisotopic (exact) mass is 552 g/mol. The Bertz CT molecular complexity index is 1700. The second kappa shape index (κ2) is 11.4. The number of aromatic carboxylic acids is 1. The molecule has 1 unspecified atom stereocenters. The highest BCUT2D eigenvalue weighted by Gasteiger charge is 2.29. The molecule has 1 aliphatic heterocycles. The summed E-state index contributed by atoms with van der Waals surface area (Å²) in [6.07, 6.45) is 2.81. The number of aliphatic carboxylic acids is 1. The second-order valence-electron chi connectivity index (χ2n) is 10.4. The lowest BCUT2D eigenvalue weighted by molar-refractivity contribution is -0.145. The van der Waals surface area contributed by atoms with E-state index in [4.69, 9.17) is 4.98 Å². The number of carbonyl (C=O) groups excluding carboxylic acids is 1. The van der Waals surface area contributed by atoms with Crippen LogP contribution in [0.3, 0.4) is 0 Å². The highest BCUT2D eigenvalue weighted by molar-refractivity contribution is 6.08. The SMILES string of the molecule is CCCCc1nc2c(C)cc(C3=NN(CC(=O)O)C(=O)CC3C)cc2n1-c1ccccc1-c1ccccc1C(=O)O. The fourth-order valence-corrected chi connectivity index (χ4v) is 5.46. The number of hydrogen-bond donors (Lipinski definition) is 2. The molecule has 0 fully saturated rings. The first-order chi connectivity index (χ1) is 19.7. The fourth-order valence-electron chi connectivity index (χ4n) is 5.46. The standard InChI is InChI=1S/C32H32N4O5/c1-4-5-14-27-33-31-19(2)15-21(30-20(3)16-28(37)35(34-30)18-29(38)39)17-26(31)36(27)25-13-9-8-11-23(25)22-10-6-7-12-24(22)32(40)41/h6-13,15,17,20H,4-5,14,16,18H2,1-3H3,(H,38,39)(H,40,41). The molecule has 210 valence electrons. The molecular weight excluding hydrogens is 520 g/mol. The Labute approximate surface area is 237 Å². The van der Waals surface area contributed by atoms with Crippen LogP contribution in [0.5, 0.6) is 0 Å². The topological polar surface area (TPSA) is 125 Å². The summed E-state index contributed by atoms with van der Waals surface area (Å²) >= 11 is 0. The number of hydrogen-bond acceptors (Lipinski definition) is 5. The number of fused-ring (bicyclic) bond motifs is 1. The molecule has 1 atom stereocenters. The van der Waals surface area contributed by atoms with Gasteiger partial charge in [0, 0.05) is 29.9 Å². The third-order valence-electron chi connectivity index (χ3n) is 7.41. The number of aromatic nitrogens is 2. The van der Waals surface area contributed by atoms with Crippen LogP contribution in [-0.2, 0) is 16.0 Å². The number of carboxylic acids is 2. The molecule has 0 spiro atoms. The number of carbonyl (C=O) groups is 3. The zero-order valence-corrected chi connectivity index (χ0v) is 23.3. The van der Waals surface area contributed by atoms with Crippen LogP contribution in [0.15, 0.2) is 65.8 Å².